The molecule has 0 aromatic heterocycles. The first kappa shape index (κ1) is 27.0. The Balaban J connectivity index is 1.58. The Labute approximate surface area is 219 Å². The molecule has 2 N–H and O–H groups in total. The van der Waals surface area contributed by atoms with Crippen molar-refractivity contribution in [3.63, 3.8) is 0 Å². The van der Waals surface area contributed by atoms with Crippen LogP contribution in [0.4, 0.5) is 5.69 Å². The van der Waals surface area contributed by atoms with Gasteiger partial charge in [-0.15, -0.1) is 0 Å². The lowest BCUT2D eigenvalue weighted by Crippen LogP contribution is -2.50. The van der Waals surface area contributed by atoms with E-state index in [1.54, 1.807) is 11.9 Å². The smallest absolute Gasteiger partial charge is 0.272 e. The molecule has 2 aromatic rings. The fourth-order valence-electron chi connectivity index (χ4n) is 5.21. The number of para-hydroxylation sites is 1. The molecule has 2 aliphatic rings. The van der Waals surface area contributed by atoms with Gasteiger partial charge < -0.3 is 20.1 Å². The number of amides is 2. The number of aliphatic imine (C=N–C) groups is 1. The molecule has 7 heteroatoms. The van der Waals surface area contributed by atoms with Gasteiger partial charge in [0.2, 0.25) is 12.1 Å². The van der Waals surface area contributed by atoms with E-state index >= 15 is 0 Å². The molecule has 0 bridgehead atoms. The molecule has 4 rings (SSSR count). The molecule has 0 radical (unpaired) electrons. The molecular formula is C30H39N3O4. The normalized spacial score (nSPS) is 20.1. The van der Waals surface area contributed by atoms with Crippen molar-refractivity contribution < 1.29 is 19.4 Å². The molecular weight excluding hydrogens is 466 g/mol. The van der Waals surface area contributed by atoms with Gasteiger partial charge in [0.05, 0.1) is 36.1 Å². The minimum Gasteiger partial charge on any atom is -0.390 e. The fourth-order valence-corrected chi connectivity index (χ4v) is 5.21. The number of anilines is 1. The number of rotatable bonds is 9. The molecule has 2 aromatic carbocycles. The number of fused-ring (bicyclic) bond motifs is 1. The van der Waals surface area contributed by atoms with E-state index < -0.39 is 18.2 Å². The molecule has 3 atom stereocenters. The first-order chi connectivity index (χ1) is 17.8. The van der Waals surface area contributed by atoms with Crippen molar-refractivity contribution in [3.8, 4) is 0 Å². The van der Waals surface area contributed by atoms with Crippen molar-refractivity contribution >= 4 is 23.2 Å². The summed E-state index contributed by atoms with van der Waals surface area (Å²) in [6.45, 7) is 4.14. The number of ether oxygens (including phenoxy) is 1. The zero-order chi connectivity index (χ0) is 26.4. The predicted octanol–water partition coefficient (Wildman–Crippen LogP) is 4.32. The monoisotopic (exact) mass is 505 g/mol. The van der Waals surface area contributed by atoms with Crippen molar-refractivity contribution in [1.29, 1.82) is 0 Å². The quantitative estimate of drug-likeness (QED) is 0.531. The highest BCUT2D eigenvalue weighted by Gasteiger charge is 2.35. The van der Waals surface area contributed by atoms with Gasteiger partial charge in [-0.25, -0.2) is 4.99 Å². The summed E-state index contributed by atoms with van der Waals surface area (Å²) in [6.07, 6.45) is 4.03. The molecule has 1 heterocycles. The highest BCUT2D eigenvalue weighted by Crippen LogP contribution is 2.28. The predicted molar refractivity (Wildman–Crippen MR) is 146 cm³/mol. The second-order valence-corrected chi connectivity index (χ2v) is 10.6. The summed E-state index contributed by atoms with van der Waals surface area (Å²) < 4.78 is 5.99. The lowest BCUT2D eigenvalue weighted by atomic mass is 9.91. The zero-order valence-electron chi connectivity index (χ0n) is 22.1. The minimum absolute atomic E-state index is 0.109. The van der Waals surface area contributed by atoms with E-state index in [1.807, 2.05) is 68.4 Å². The Morgan fingerprint density at radius 3 is 2.46 bits per heavy atom. The number of benzodiazepines with no additional fused rings is 1. The van der Waals surface area contributed by atoms with Gasteiger partial charge in [0.1, 0.15) is 0 Å². The van der Waals surface area contributed by atoms with Gasteiger partial charge in [0.25, 0.3) is 5.91 Å². The van der Waals surface area contributed by atoms with Crippen molar-refractivity contribution in [2.24, 2.45) is 16.8 Å². The van der Waals surface area contributed by atoms with Gasteiger partial charge in [-0.3, -0.25) is 9.59 Å². The number of nitrogens with one attached hydrogen (secondary N) is 1. The van der Waals surface area contributed by atoms with Crippen molar-refractivity contribution in [2.75, 3.05) is 18.6 Å². The maximum absolute atomic E-state index is 13.6. The first-order valence-corrected chi connectivity index (χ1v) is 13.5. The molecule has 1 saturated carbocycles. The summed E-state index contributed by atoms with van der Waals surface area (Å²) in [5.74, 6) is -1.24. The Kier molecular flexibility index (Phi) is 9.11. The summed E-state index contributed by atoms with van der Waals surface area (Å²) >= 11 is 0. The second-order valence-electron chi connectivity index (χ2n) is 10.6. The van der Waals surface area contributed by atoms with E-state index in [2.05, 4.69) is 5.32 Å². The molecule has 2 amide bonds. The average Bonchev–Trinajstić information content (AvgIpc) is 3.02. The maximum Gasteiger partial charge on any atom is 0.272 e. The van der Waals surface area contributed by atoms with E-state index in [-0.39, 0.29) is 30.4 Å². The SMILES string of the molecule is CC(C)CC(C(=O)NC1N=C(c2ccccc2)c2ccccc2N(C)C1=O)C(O)COC1CCCCC1. The molecule has 198 valence electrons. The van der Waals surface area contributed by atoms with Crippen molar-refractivity contribution in [2.45, 2.75) is 70.7 Å². The Hall–Kier alpha value is -3.03. The van der Waals surface area contributed by atoms with Gasteiger partial charge in [-0.2, -0.15) is 0 Å². The summed E-state index contributed by atoms with van der Waals surface area (Å²) in [5.41, 5.74) is 3.05. The molecule has 37 heavy (non-hydrogen) atoms. The highest BCUT2D eigenvalue weighted by atomic mass is 16.5. The van der Waals surface area contributed by atoms with Crippen LogP contribution < -0.4 is 10.2 Å². The van der Waals surface area contributed by atoms with Gasteiger partial charge in [0, 0.05) is 18.2 Å². The summed E-state index contributed by atoms with van der Waals surface area (Å²) in [5, 5.41) is 13.9. The Morgan fingerprint density at radius 1 is 1.08 bits per heavy atom. The van der Waals surface area contributed by atoms with Crippen LogP contribution >= 0.6 is 0 Å². The first-order valence-electron chi connectivity index (χ1n) is 13.5. The third kappa shape index (κ3) is 6.65. The average molecular weight is 506 g/mol. The second kappa shape index (κ2) is 12.5. The number of hydrogen-bond acceptors (Lipinski definition) is 5. The number of nitrogens with zero attached hydrogens (tertiary/aromatic N) is 2. The van der Waals surface area contributed by atoms with Crippen molar-refractivity contribution in [3.05, 3.63) is 65.7 Å². The molecule has 1 aliphatic heterocycles. The molecule has 1 aliphatic carbocycles. The number of benzene rings is 2. The number of carbonyl (C=O) groups excluding carboxylic acids is 2. The van der Waals surface area contributed by atoms with Gasteiger partial charge in [-0.1, -0.05) is 81.6 Å². The summed E-state index contributed by atoms with van der Waals surface area (Å²) in [4.78, 5) is 33.4. The Bertz CT molecular complexity index is 1100. The largest absolute Gasteiger partial charge is 0.390 e. The number of likely N-dealkylation sites (N-methyl/N-ethyl adjacent to an activating group) is 1. The third-order valence-corrected chi connectivity index (χ3v) is 7.25. The van der Waals surface area contributed by atoms with E-state index in [0.29, 0.717) is 12.1 Å². The van der Waals surface area contributed by atoms with E-state index in [1.165, 1.54) is 6.42 Å². The number of carbonyl (C=O) groups is 2. The maximum atomic E-state index is 13.6. The standard InChI is InChI=1S/C30H39N3O4/c1-20(2)18-24(26(34)19-37-22-14-8-5-9-15-22)29(35)32-28-30(36)33(3)25-17-11-10-16-23(25)27(31-28)21-12-6-4-7-13-21/h4,6-7,10-13,16-17,20,22,24,26,28,34H,5,8-9,14-15,18-19H2,1-3H3,(H,32,35). The van der Waals surface area contributed by atoms with Crippen LogP contribution in [0.1, 0.15) is 63.5 Å². The molecule has 7 nitrogen and oxygen atoms in total. The third-order valence-electron chi connectivity index (χ3n) is 7.25. The van der Waals surface area contributed by atoms with Crippen LogP contribution in [0.25, 0.3) is 0 Å². The molecule has 3 unspecified atom stereocenters. The summed E-state index contributed by atoms with van der Waals surface area (Å²) in [7, 11) is 1.70. The van der Waals surface area contributed by atoms with Crippen LogP contribution in [0, 0.1) is 11.8 Å². The topological polar surface area (TPSA) is 91.2 Å². The van der Waals surface area contributed by atoms with Crippen LogP contribution in [0.5, 0.6) is 0 Å². The van der Waals surface area contributed by atoms with Crippen LogP contribution in [0.3, 0.4) is 0 Å². The van der Waals surface area contributed by atoms with E-state index in [4.69, 9.17) is 9.73 Å². The van der Waals surface area contributed by atoms with Gasteiger partial charge in [0.15, 0.2) is 0 Å². The van der Waals surface area contributed by atoms with Crippen LogP contribution in [0.15, 0.2) is 59.6 Å². The van der Waals surface area contributed by atoms with Crippen LogP contribution in [0.2, 0.25) is 0 Å². The molecule has 0 saturated heterocycles. The van der Waals surface area contributed by atoms with Crippen LogP contribution in [-0.4, -0.2) is 54.7 Å². The lowest BCUT2D eigenvalue weighted by Gasteiger charge is -2.28. The zero-order valence-corrected chi connectivity index (χ0v) is 22.1. The van der Waals surface area contributed by atoms with Gasteiger partial charge >= 0.3 is 0 Å². The Morgan fingerprint density at radius 2 is 1.76 bits per heavy atom. The number of aliphatic hydroxyl groups is 1. The molecule has 0 spiro atoms. The lowest BCUT2D eigenvalue weighted by molar-refractivity contribution is -0.135. The number of hydrogen-bond donors (Lipinski definition) is 2. The molecule has 1 fully saturated rings. The minimum atomic E-state index is -1.11. The highest BCUT2D eigenvalue weighted by molar-refractivity contribution is 6.20. The summed E-state index contributed by atoms with van der Waals surface area (Å²) in [6, 6.07) is 17.3. The number of aliphatic hydroxyl groups excluding tert-OH is 1. The van der Waals surface area contributed by atoms with Crippen LogP contribution in [-0.2, 0) is 14.3 Å². The van der Waals surface area contributed by atoms with Crippen molar-refractivity contribution in [1.82, 2.24) is 5.32 Å². The van der Waals surface area contributed by atoms with E-state index in [9.17, 15) is 14.7 Å². The van der Waals surface area contributed by atoms with E-state index in [0.717, 1.165) is 42.5 Å². The van der Waals surface area contributed by atoms with Gasteiger partial charge in [-0.05, 0) is 31.2 Å². The fraction of sp³-hybridized carbons (Fsp3) is 0.500.